The van der Waals surface area contributed by atoms with E-state index in [1.54, 1.807) is 0 Å². The van der Waals surface area contributed by atoms with E-state index < -0.39 is 0 Å². The Labute approximate surface area is 112 Å². The van der Waals surface area contributed by atoms with Crippen LogP contribution in [0.2, 0.25) is 0 Å². The van der Waals surface area contributed by atoms with Crippen LogP contribution in [-0.4, -0.2) is 16.8 Å². The smallest absolute Gasteiger partial charge is 0.199 e. The van der Waals surface area contributed by atoms with E-state index in [-0.39, 0.29) is 5.41 Å². The van der Waals surface area contributed by atoms with Gasteiger partial charge in [0.05, 0.1) is 5.41 Å². The summed E-state index contributed by atoms with van der Waals surface area (Å²) in [5.74, 6) is 0. The van der Waals surface area contributed by atoms with Gasteiger partial charge in [0.1, 0.15) is 6.54 Å². The van der Waals surface area contributed by atoms with Gasteiger partial charge in [-0.15, -0.1) is 0 Å². The van der Waals surface area contributed by atoms with E-state index >= 15 is 0 Å². The van der Waals surface area contributed by atoms with Crippen LogP contribution in [-0.2, 0) is 11.8 Å². The van der Waals surface area contributed by atoms with Gasteiger partial charge in [0.15, 0.2) is 5.71 Å². The summed E-state index contributed by atoms with van der Waals surface area (Å²) in [6, 6.07) is 7.01. The Hall–Kier alpha value is -1.11. The third-order valence-electron chi connectivity index (χ3n) is 4.48. The molecular weight excluding hydrogens is 218 g/mol. The first-order chi connectivity index (χ1) is 8.52. The van der Waals surface area contributed by atoms with Crippen molar-refractivity contribution in [3.63, 3.8) is 0 Å². The molecule has 0 bridgehead atoms. The van der Waals surface area contributed by atoms with Gasteiger partial charge < -0.3 is 0 Å². The molecule has 0 fully saturated rings. The fraction of sp³-hybridized carbons (Fsp3) is 0.588. The van der Waals surface area contributed by atoms with Gasteiger partial charge in [-0.25, -0.2) is 0 Å². The SMILES string of the molecule is CCCC[N+]1=C(C)C(C)(C)c2cc(CC)ccc21. The van der Waals surface area contributed by atoms with E-state index in [1.165, 1.54) is 35.4 Å². The molecule has 0 atom stereocenters. The van der Waals surface area contributed by atoms with Crippen LogP contribution >= 0.6 is 0 Å². The van der Waals surface area contributed by atoms with E-state index in [1.807, 2.05) is 0 Å². The van der Waals surface area contributed by atoms with Crippen molar-refractivity contribution >= 4 is 11.4 Å². The van der Waals surface area contributed by atoms with Gasteiger partial charge in [0.25, 0.3) is 0 Å². The van der Waals surface area contributed by atoms with Crippen molar-refractivity contribution in [3.05, 3.63) is 29.3 Å². The Morgan fingerprint density at radius 2 is 1.89 bits per heavy atom. The summed E-state index contributed by atoms with van der Waals surface area (Å²) in [6.45, 7) is 12.7. The molecule has 0 aromatic heterocycles. The number of benzene rings is 1. The van der Waals surface area contributed by atoms with E-state index in [0.29, 0.717) is 0 Å². The number of unbranched alkanes of at least 4 members (excludes halogenated alkanes) is 1. The Morgan fingerprint density at radius 3 is 2.50 bits per heavy atom. The molecule has 0 amide bonds. The summed E-state index contributed by atoms with van der Waals surface area (Å²) in [5.41, 5.74) is 6.08. The molecule has 2 rings (SSSR count). The molecule has 0 saturated heterocycles. The van der Waals surface area contributed by atoms with Crippen molar-refractivity contribution in [2.75, 3.05) is 6.54 Å². The van der Waals surface area contributed by atoms with Crippen molar-refractivity contribution in [2.24, 2.45) is 0 Å². The largest absolute Gasteiger partial charge is 0.209 e. The number of hydrogen-bond acceptors (Lipinski definition) is 0. The quantitative estimate of drug-likeness (QED) is 0.689. The third-order valence-corrected chi connectivity index (χ3v) is 4.48. The zero-order valence-corrected chi connectivity index (χ0v) is 12.5. The van der Waals surface area contributed by atoms with Crippen LogP contribution < -0.4 is 0 Å². The highest BCUT2D eigenvalue weighted by atomic mass is 15.1. The maximum Gasteiger partial charge on any atom is 0.209 e. The summed E-state index contributed by atoms with van der Waals surface area (Å²) < 4.78 is 2.53. The normalized spacial score (nSPS) is 17.2. The predicted octanol–water partition coefficient (Wildman–Crippen LogP) is 4.45. The Balaban J connectivity index is 2.48. The molecule has 98 valence electrons. The number of aryl methyl sites for hydroxylation is 1. The van der Waals surface area contributed by atoms with Crippen molar-refractivity contribution < 1.29 is 4.58 Å². The summed E-state index contributed by atoms with van der Waals surface area (Å²) in [6.07, 6.45) is 3.65. The van der Waals surface area contributed by atoms with Crippen molar-refractivity contribution in [1.82, 2.24) is 0 Å². The first-order valence-corrected chi connectivity index (χ1v) is 7.27. The monoisotopic (exact) mass is 244 g/mol. The first kappa shape index (κ1) is 13.3. The van der Waals surface area contributed by atoms with Crippen molar-refractivity contribution in [3.8, 4) is 0 Å². The van der Waals surface area contributed by atoms with Gasteiger partial charge in [-0.05, 0) is 31.9 Å². The lowest BCUT2D eigenvalue weighted by atomic mass is 9.81. The Morgan fingerprint density at radius 1 is 1.17 bits per heavy atom. The molecule has 1 aromatic carbocycles. The standard InChI is InChI=1S/C17H26N/c1-6-8-11-18-13(3)17(4,5)15-12-14(7-2)9-10-16(15)18/h9-10,12H,6-8,11H2,1-5H3/q+1. The molecule has 1 heteroatoms. The van der Waals surface area contributed by atoms with E-state index in [9.17, 15) is 0 Å². The molecule has 0 aliphatic carbocycles. The maximum absolute atomic E-state index is 2.53. The fourth-order valence-corrected chi connectivity index (χ4v) is 2.86. The fourth-order valence-electron chi connectivity index (χ4n) is 2.86. The second kappa shape index (κ2) is 4.87. The average molecular weight is 244 g/mol. The number of fused-ring (bicyclic) bond motifs is 1. The minimum absolute atomic E-state index is 0.189. The molecule has 0 saturated carbocycles. The average Bonchev–Trinajstić information content (AvgIpc) is 2.56. The van der Waals surface area contributed by atoms with E-state index in [4.69, 9.17) is 0 Å². The van der Waals surface area contributed by atoms with Crippen LogP contribution in [0.1, 0.15) is 58.6 Å². The third kappa shape index (κ3) is 2.00. The van der Waals surface area contributed by atoms with Gasteiger partial charge in [-0.3, -0.25) is 0 Å². The lowest BCUT2D eigenvalue weighted by Crippen LogP contribution is -2.26. The minimum atomic E-state index is 0.189. The topological polar surface area (TPSA) is 3.01 Å². The van der Waals surface area contributed by atoms with Crippen LogP contribution in [0.4, 0.5) is 5.69 Å². The Bertz CT molecular complexity index is 480. The first-order valence-electron chi connectivity index (χ1n) is 7.27. The molecule has 0 N–H and O–H groups in total. The van der Waals surface area contributed by atoms with Crippen LogP contribution in [0.5, 0.6) is 0 Å². The zero-order valence-electron chi connectivity index (χ0n) is 12.5. The molecule has 1 aliphatic heterocycles. The molecule has 18 heavy (non-hydrogen) atoms. The highest BCUT2D eigenvalue weighted by molar-refractivity contribution is 5.93. The number of rotatable bonds is 4. The van der Waals surface area contributed by atoms with E-state index in [0.717, 1.165) is 13.0 Å². The van der Waals surface area contributed by atoms with Crippen molar-refractivity contribution in [1.29, 1.82) is 0 Å². The van der Waals surface area contributed by atoms with Gasteiger partial charge in [0.2, 0.25) is 5.69 Å². The lowest BCUT2D eigenvalue weighted by molar-refractivity contribution is -0.439. The second-order valence-corrected chi connectivity index (χ2v) is 5.92. The Kier molecular flexibility index (Phi) is 3.61. The number of nitrogens with zero attached hydrogens (tertiary/aromatic N) is 1. The molecule has 0 unspecified atom stereocenters. The molecule has 1 aromatic rings. The van der Waals surface area contributed by atoms with E-state index in [2.05, 4.69) is 57.4 Å². The second-order valence-electron chi connectivity index (χ2n) is 5.92. The number of hydrogen-bond donors (Lipinski definition) is 0. The molecule has 1 aliphatic rings. The lowest BCUT2D eigenvalue weighted by Gasteiger charge is -2.15. The van der Waals surface area contributed by atoms with Crippen LogP contribution in [0.15, 0.2) is 18.2 Å². The van der Waals surface area contributed by atoms with Gasteiger partial charge in [-0.1, -0.05) is 26.3 Å². The highest BCUT2D eigenvalue weighted by Crippen LogP contribution is 2.40. The minimum Gasteiger partial charge on any atom is -0.199 e. The molecule has 0 radical (unpaired) electrons. The van der Waals surface area contributed by atoms with Gasteiger partial charge in [0, 0.05) is 25.0 Å². The van der Waals surface area contributed by atoms with Gasteiger partial charge in [-0.2, -0.15) is 4.58 Å². The summed E-state index contributed by atoms with van der Waals surface area (Å²) in [4.78, 5) is 0. The van der Waals surface area contributed by atoms with Crippen molar-refractivity contribution in [2.45, 2.75) is 59.3 Å². The van der Waals surface area contributed by atoms with Crippen LogP contribution in [0, 0.1) is 0 Å². The zero-order chi connectivity index (χ0) is 13.3. The molecule has 1 nitrogen and oxygen atoms in total. The molecule has 0 spiro atoms. The van der Waals surface area contributed by atoms with Crippen LogP contribution in [0.25, 0.3) is 0 Å². The van der Waals surface area contributed by atoms with Crippen LogP contribution in [0.3, 0.4) is 0 Å². The predicted molar refractivity (Wildman–Crippen MR) is 79.2 cm³/mol. The summed E-state index contributed by atoms with van der Waals surface area (Å²) in [7, 11) is 0. The molecular formula is C17H26N+. The summed E-state index contributed by atoms with van der Waals surface area (Å²) in [5, 5.41) is 0. The van der Waals surface area contributed by atoms with Gasteiger partial charge >= 0.3 is 0 Å². The summed E-state index contributed by atoms with van der Waals surface area (Å²) >= 11 is 0. The highest BCUT2D eigenvalue weighted by Gasteiger charge is 2.42. The maximum atomic E-state index is 2.53. The molecule has 1 heterocycles.